The van der Waals surface area contributed by atoms with Gasteiger partial charge < -0.3 is 0 Å². The number of pyridine rings is 1. The summed E-state index contributed by atoms with van der Waals surface area (Å²) < 4.78 is 0. The molecule has 0 saturated heterocycles. The van der Waals surface area contributed by atoms with Gasteiger partial charge in [-0.1, -0.05) is 13.3 Å². The fourth-order valence-corrected chi connectivity index (χ4v) is 4.18. The van der Waals surface area contributed by atoms with E-state index in [4.69, 9.17) is 0 Å². The number of rotatable bonds is 5. The summed E-state index contributed by atoms with van der Waals surface area (Å²) in [5.74, 6) is -0.155. The third kappa shape index (κ3) is 3.93. The number of aromatic nitrogens is 3. The predicted octanol–water partition coefficient (Wildman–Crippen LogP) is 4.79. The molecule has 3 aromatic rings. The fourth-order valence-electron chi connectivity index (χ4n) is 2.41. The third-order valence-corrected chi connectivity index (χ3v) is 6.02. The van der Waals surface area contributed by atoms with Crippen molar-refractivity contribution in [2.45, 2.75) is 40.5 Å². The highest BCUT2D eigenvalue weighted by Gasteiger charge is 2.18. The molecule has 0 unspecified atom stereocenters. The number of nitrogens with zero attached hydrogens (tertiary/aromatic N) is 3. The number of nitrogens with one attached hydrogen (secondary N) is 1. The van der Waals surface area contributed by atoms with Gasteiger partial charge >= 0.3 is 0 Å². The minimum absolute atomic E-state index is 0.155. The normalized spacial score (nSPS) is 10.9. The van der Waals surface area contributed by atoms with E-state index in [0.29, 0.717) is 10.0 Å². The smallest absolute Gasteiger partial charge is 0.269 e. The van der Waals surface area contributed by atoms with E-state index in [0.717, 1.165) is 45.4 Å². The number of anilines is 1. The zero-order valence-electron chi connectivity index (χ0n) is 14.7. The van der Waals surface area contributed by atoms with E-state index in [1.165, 1.54) is 22.7 Å². The first-order valence-electron chi connectivity index (χ1n) is 8.16. The van der Waals surface area contributed by atoms with Crippen LogP contribution in [0, 0.1) is 20.8 Å². The van der Waals surface area contributed by atoms with E-state index in [-0.39, 0.29) is 5.91 Å². The Hall–Kier alpha value is -2.12. The highest BCUT2D eigenvalue weighted by Crippen LogP contribution is 2.29. The molecule has 3 aromatic heterocycles. The highest BCUT2D eigenvalue weighted by atomic mass is 32.1. The SMILES string of the molecule is CCCc1cc(-c2nc(C)c(C(=O)Nc3nc(C)c(C)s3)s2)ccn1. The first kappa shape index (κ1) is 17.7. The molecule has 5 nitrogen and oxygen atoms in total. The molecule has 0 aliphatic carbocycles. The van der Waals surface area contributed by atoms with Crippen LogP contribution in [-0.4, -0.2) is 20.9 Å². The van der Waals surface area contributed by atoms with Crippen LogP contribution in [0.25, 0.3) is 10.6 Å². The summed E-state index contributed by atoms with van der Waals surface area (Å²) in [6.45, 7) is 7.93. The molecule has 0 fully saturated rings. The average molecular weight is 373 g/mol. The van der Waals surface area contributed by atoms with Gasteiger partial charge in [-0.05, 0) is 39.3 Å². The van der Waals surface area contributed by atoms with Crippen molar-refractivity contribution in [3.63, 3.8) is 0 Å². The first-order valence-corrected chi connectivity index (χ1v) is 9.79. The summed E-state index contributed by atoms with van der Waals surface area (Å²) in [6.07, 6.45) is 3.79. The molecule has 1 amide bonds. The van der Waals surface area contributed by atoms with Crippen LogP contribution in [0.4, 0.5) is 5.13 Å². The summed E-state index contributed by atoms with van der Waals surface area (Å²) >= 11 is 2.89. The number of amides is 1. The Balaban J connectivity index is 1.84. The lowest BCUT2D eigenvalue weighted by molar-refractivity contribution is 0.103. The van der Waals surface area contributed by atoms with Crippen LogP contribution in [0.3, 0.4) is 0 Å². The number of thiazole rings is 2. The summed E-state index contributed by atoms with van der Waals surface area (Å²) in [5, 5.41) is 4.35. The van der Waals surface area contributed by atoms with E-state index < -0.39 is 0 Å². The predicted molar refractivity (Wildman–Crippen MR) is 104 cm³/mol. The minimum Gasteiger partial charge on any atom is -0.297 e. The molecule has 130 valence electrons. The van der Waals surface area contributed by atoms with Crippen molar-refractivity contribution in [2.75, 3.05) is 5.32 Å². The van der Waals surface area contributed by atoms with Crippen LogP contribution in [-0.2, 0) is 6.42 Å². The largest absolute Gasteiger partial charge is 0.297 e. The molecule has 0 atom stereocenters. The van der Waals surface area contributed by atoms with Gasteiger partial charge in [0.25, 0.3) is 5.91 Å². The summed E-state index contributed by atoms with van der Waals surface area (Å²) in [5.41, 5.74) is 3.73. The summed E-state index contributed by atoms with van der Waals surface area (Å²) in [6, 6.07) is 3.99. The van der Waals surface area contributed by atoms with Gasteiger partial charge in [0, 0.05) is 22.3 Å². The molecular formula is C18H20N4OS2. The molecule has 0 radical (unpaired) electrons. The van der Waals surface area contributed by atoms with Crippen molar-refractivity contribution in [2.24, 2.45) is 0 Å². The van der Waals surface area contributed by atoms with Gasteiger partial charge in [0.2, 0.25) is 0 Å². The van der Waals surface area contributed by atoms with Crippen LogP contribution >= 0.6 is 22.7 Å². The van der Waals surface area contributed by atoms with Gasteiger partial charge in [0.15, 0.2) is 5.13 Å². The minimum atomic E-state index is -0.155. The maximum atomic E-state index is 12.6. The number of hydrogen-bond donors (Lipinski definition) is 1. The van der Waals surface area contributed by atoms with Crippen molar-refractivity contribution >= 4 is 33.7 Å². The Kier molecular flexibility index (Phi) is 5.24. The van der Waals surface area contributed by atoms with Crippen LogP contribution in [0.5, 0.6) is 0 Å². The van der Waals surface area contributed by atoms with Crippen LogP contribution < -0.4 is 5.32 Å². The molecule has 3 heterocycles. The Morgan fingerprint density at radius 3 is 2.64 bits per heavy atom. The van der Waals surface area contributed by atoms with E-state index in [1.54, 1.807) is 6.20 Å². The lowest BCUT2D eigenvalue weighted by Gasteiger charge is -2.00. The number of carbonyl (C=O) groups excluding carboxylic acids is 1. The monoisotopic (exact) mass is 372 g/mol. The second-order valence-electron chi connectivity index (χ2n) is 5.83. The second-order valence-corrected chi connectivity index (χ2v) is 8.04. The molecule has 1 N–H and O–H groups in total. The maximum absolute atomic E-state index is 12.6. The Labute approximate surface area is 155 Å². The molecule has 0 bridgehead atoms. The average Bonchev–Trinajstić information content (AvgIpc) is 3.11. The molecule has 0 spiro atoms. The van der Waals surface area contributed by atoms with Gasteiger partial charge in [0.05, 0.1) is 11.4 Å². The zero-order chi connectivity index (χ0) is 18.0. The quantitative estimate of drug-likeness (QED) is 0.699. The molecule has 0 aliphatic rings. The van der Waals surface area contributed by atoms with E-state index >= 15 is 0 Å². The second kappa shape index (κ2) is 7.41. The number of hydrogen-bond acceptors (Lipinski definition) is 6. The topological polar surface area (TPSA) is 67.8 Å². The van der Waals surface area contributed by atoms with Gasteiger partial charge in [-0.2, -0.15) is 0 Å². The fraction of sp³-hybridized carbons (Fsp3) is 0.333. The molecule has 0 saturated carbocycles. The van der Waals surface area contributed by atoms with Crippen molar-refractivity contribution in [3.8, 4) is 10.6 Å². The molecule has 25 heavy (non-hydrogen) atoms. The summed E-state index contributed by atoms with van der Waals surface area (Å²) in [7, 11) is 0. The van der Waals surface area contributed by atoms with Gasteiger partial charge in [0.1, 0.15) is 9.88 Å². The Morgan fingerprint density at radius 1 is 1.16 bits per heavy atom. The van der Waals surface area contributed by atoms with Crippen LogP contribution in [0.2, 0.25) is 0 Å². The lowest BCUT2D eigenvalue weighted by atomic mass is 10.2. The summed E-state index contributed by atoms with van der Waals surface area (Å²) in [4.78, 5) is 27.6. The maximum Gasteiger partial charge on any atom is 0.269 e. The first-order chi connectivity index (χ1) is 12.0. The lowest BCUT2D eigenvalue weighted by Crippen LogP contribution is -2.11. The molecular weight excluding hydrogens is 352 g/mol. The van der Waals surface area contributed by atoms with E-state index in [9.17, 15) is 4.79 Å². The van der Waals surface area contributed by atoms with Crippen LogP contribution in [0.1, 0.15) is 45.0 Å². The van der Waals surface area contributed by atoms with Gasteiger partial charge in [-0.3, -0.25) is 15.1 Å². The zero-order valence-corrected chi connectivity index (χ0v) is 16.3. The molecule has 0 aliphatic heterocycles. The van der Waals surface area contributed by atoms with Gasteiger partial charge in [-0.25, -0.2) is 9.97 Å². The van der Waals surface area contributed by atoms with Crippen molar-refractivity contribution < 1.29 is 4.79 Å². The van der Waals surface area contributed by atoms with Crippen molar-refractivity contribution in [1.82, 2.24) is 15.0 Å². The van der Waals surface area contributed by atoms with Crippen molar-refractivity contribution in [3.05, 3.63) is 45.2 Å². The highest BCUT2D eigenvalue weighted by molar-refractivity contribution is 7.18. The number of aryl methyl sites for hydroxylation is 4. The molecule has 3 rings (SSSR count). The van der Waals surface area contributed by atoms with Gasteiger partial charge in [-0.15, -0.1) is 22.7 Å². The third-order valence-electron chi connectivity index (χ3n) is 3.82. The number of carbonyl (C=O) groups is 1. The Morgan fingerprint density at radius 2 is 1.96 bits per heavy atom. The van der Waals surface area contributed by atoms with Crippen LogP contribution in [0.15, 0.2) is 18.3 Å². The molecule has 7 heteroatoms. The van der Waals surface area contributed by atoms with E-state index in [2.05, 4.69) is 33.3 Å². The molecule has 0 aromatic carbocycles. The van der Waals surface area contributed by atoms with E-state index in [1.807, 2.05) is 26.8 Å². The Bertz CT molecular complexity index is 894. The standard InChI is InChI=1S/C18H20N4OS2/c1-5-6-14-9-13(7-8-19-14)17-20-11(3)15(25-17)16(23)22-18-21-10(2)12(4)24-18/h7-9H,5-6H2,1-4H3,(H,21,22,23). The van der Waals surface area contributed by atoms with Crippen molar-refractivity contribution in [1.29, 1.82) is 0 Å².